The molecule has 0 bridgehead atoms. The molecule has 0 radical (unpaired) electrons. The van der Waals surface area contributed by atoms with Gasteiger partial charge >= 0.3 is 0 Å². The molecule has 0 amide bonds. The number of quaternary nitrogens is 1. The molecule has 0 aromatic rings. The predicted octanol–water partition coefficient (Wildman–Crippen LogP) is 1.21. The number of amidine groups is 1. The standard InChI is InChI=1S/C7H12N2.C4H12N/c1-3-7-8-4-2-6-9(7)5-1;1-5(2,3)4/h1-6H2;1-4H3/q;+1. The number of aliphatic imine (C=N–C) groups is 1. The van der Waals surface area contributed by atoms with Gasteiger partial charge in [-0.05, 0) is 12.8 Å². The first-order chi connectivity index (χ1) is 6.47. The van der Waals surface area contributed by atoms with Crippen molar-refractivity contribution < 1.29 is 4.48 Å². The van der Waals surface area contributed by atoms with Crippen molar-refractivity contribution in [1.29, 1.82) is 0 Å². The van der Waals surface area contributed by atoms with E-state index in [-0.39, 0.29) is 0 Å². The number of nitrogens with zero attached hydrogens (tertiary/aromatic N) is 3. The summed E-state index contributed by atoms with van der Waals surface area (Å²) in [7, 11) is 8.50. The van der Waals surface area contributed by atoms with Gasteiger partial charge in [0.05, 0.1) is 34.0 Å². The van der Waals surface area contributed by atoms with Gasteiger partial charge in [0.25, 0.3) is 0 Å². The fourth-order valence-corrected chi connectivity index (χ4v) is 1.60. The Bertz CT molecular complexity index is 197. The third-order valence-corrected chi connectivity index (χ3v) is 2.07. The lowest BCUT2D eigenvalue weighted by Gasteiger charge is -2.21. The van der Waals surface area contributed by atoms with Gasteiger partial charge in [-0.25, -0.2) is 0 Å². The molecule has 2 aliphatic rings. The molecule has 3 heteroatoms. The van der Waals surface area contributed by atoms with Crippen LogP contribution in [0, 0.1) is 0 Å². The number of hydrogen-bond acceptors (Lipinski definition) is 2. The van der Waals surface area contributed by atoms with Crippen molar-refractivity contribution in [2.75, 3.05) is 47.8 Å². The molecule has 0 spiro atoms. The fraction of sp³-hybridized carbons (Fsp3) is 0.909. The van der Waals surface area contributed by atoms with Crippen molar-refractivity contribution in [3.8, 4) is 0 Å². The minimum Gasteiger partial charge on any atom is -0.360 e. The highest BCUT2D eigenvalue weighted by atomic mass is 15.2. The number of hydrogen-bond donors (Lipinski definition) is 0. The molecule has 1 fully saturated rings. The predicted molar refractivity (Wildman–Crippen MR) is 61.7 cm³/mol. The Morgan fingerprint density at radius 2 is 1.64 bits per heavy atom. The van der Waals surface area contributed by atoms with Gasteiger partial charge in [0.2, 0.25) is 0 Å². The quantitative estimate of drug-likeness (QED) is 0.534. The average Bonchev–Trinajstić information content (AvgIpc) is 2.47. The van der Waals surface area contributed by atoms with Crippen molar-refractivity contribution in [3.63, 3.8) is 0 Å². The minimum absolute atomic E-state index is 1.00. The Morgan fingerprint density at radius 1 is 1.07 bits per heavy atom. The highest BCUT2D eigenvalue weighted by molar-refractivity contribution is 5.84. The Morgan fingerprint density at radius 3 is 2.21 bits per heavy atom. The van der Waals surface area contributed by atoms with E-state index in [1.165, 1.54) is 38.2 Å². The summed E-state index contributed by atoms with van der Waals surface area (Å²) in [5.41, 5.74) is 0. The first kappa shape index (κ1) is 11.5. The summed E-state index contributed by atoms with van der Waals surface area (Å²) in [6, 6.07) is 0. The van der Waals surface area contributed by atoms with Gasteiger partial charge in [0.15, 0.2) is 0 Å². The van der Waals surface area contributed by atoms with Gasteiger partial charge in [0.1, 0.15) is 0 Å². The van der Waals surface area contributed by atoms with Crippen molar-refractivity contribution in [2.45, 2.75) is 19.3 Å². The highest BCUT2D eigenvalue weighted by Gasteiger charge is 2.19. The van der Waals surface area contributed by atoms with E-state index in [0.29, 0.717) is 0 Å². The van der Waals surface area contributed by atoms with Crippen LogP contribution >= 0.6 is 0 Å². The van der Waals surface area contributed by atoms with E-state index >= 15 is 0 Å². The van der Waals surface area contributed by atoms with E-state index < -0.39 is 0 Å². The van der Waals surface area contributed by atoms with Crippen molar-refractivity contribution >= 4 is 5.84 Å². The normalized spacial score (nSPS) is 20.9. The van der Waals surface area contributed by atoms with Crippen LogP contribution in [0.1, 0.15) is 19.3 Å². The molecule has 0 unspecified atom stereocenters. The summed E-state index contributed by atoms with van der Waals surface area (Å²) < 4.78 is 1.00. The van der Waals surface area contributed by atoms with Crippen molar-refractivity contribution in [2.24, 2.45) is 4.99 Å². The molecule has 0 atom stereocenters. The first-order valence-electron chi connectivity index (χ1n) is 5.54. The van der Waals surface area contributed by atoms with Gasteiger partial charge in [-0.3, -0.25) is 4.99 Å². The maximum Gasteiger partial charge on any atom is 0.0989 e. The molecule has 2 heterocycles. The minimum atomic E-state index is 1.00. The Hall–Kier alpha value is -0.570. The number of rotatable bonds is 0. The van der Waals surface area contributed by atoms with E-state index in [4.69, 9.17) is 0 Å². The SMILES string of the molecule is C1CN=C2CCCN2C1.C[N+](C)(C)C. The lowest BCUT2D eigenvalue weighted by Crippen LogP contribution is -2.29. The van der Waals surface area contributed by atoms with Crippen LogP contribution in [0.4, 0.5) is 0 Å². The topological polar surface area (TPSA) is 15.6 Å². The Labute approximate surface area is 88.0 Å². The molecule has 0 aromatic carbocycles. The second-order valence-electron chi connectivity index (χ2n) is 5.43. The van der Waals surface area contributed by atoms with Crippen LogP contribution in [0.5, 0.6) is 0 Å². The van der Waals surface area contributed by atoms with Crippen molar-refractivity contribution in [1.82, 2.24) is 4.90 Å². The molecular formula is C11H24N3+. The molecule has 2 rings (SSSR count). The number of fused-ring (bicyclic) bond motifs is 1. The molecule has 14 heavy (non-hydrogen) atoms. The lowest BCUT2D eigenvalue weighted by atomic mass is 10.3. The van der Waals surface area contributed by atoms with Gasteiger partial charge in [-0.2, -0.15) is 0 Å². The van der Waals surface area contributed by atoms with E-state index in [1.807, 2.05) is 0 Å². The van der Waals surface area contributed by atoms with E-state index in [1.54, 1.807) is 0 Å². The molecule has 0 saturated carbocycles. The van der Waals surface area contributed by atoms with Crippen LogP contribution in [0.3, 0.4) is 0 Å². The monoisotopic (exact) mass is 198 g/mol. The van der Waals surface area contributed by atoms with Crippen LogP contribution in [0.2, 0.25) is 0 Å². The molecule has 82 valence electrons. The van der Waals surface area contributed by atoms with Crippen LogP contribution in [-0.4, -0.2) is 63.0 Å². The van der Waals surface area contributed by atoms with E-state index in [9.17, 15) is 0 Å². The maximum atomic E-state index is 4.43. The fourth-order valence-electron chi connectivity index (χ4n) is 1.60. The molecule has 0 aliphatic carbocycles. The van der Waals surface area contributed by atoms with Gasteiger partial charge < -0.3 is 9.38 Å². The first-order valence-corrected chi connectivity index (χ1v) is 5.54. The zero-order valence-corrected chi connectivity index (χ0v) is 10.1. The van der Waals surface area contributed by atoms with Gasteiger partial charge in [-0.1, -0.05) is 0 Å². The summed E-state index contributed by atoms with van der Waals surface area (Å²) in [4.78, 5) is 6.85. The van der Waals surface area contributed by atoms with E-state index in [2.05, 4.69) is 38.1 Å². The van der Waals surface area contributed by atoms with Crippen LogP contribution in [-0.2, 0) is 0 Å². The largest absolute Gasteiger partial charge is 0.360 e. The molecule has 0 aromatic heterocycles. The summed E-state index contributed by atoms with van der Waals surface area (Å²) in [6.07, 6.45) is 3.84. The van der Waals surface area contributed by atoms with Crippen LogP contribution in [0.15, 0.2) is 4.99 Å². The zero-order chi connectivity index (χ0) is 10.6. The van der Waals surface area contributed by atoms with Crippen LogP contribution < -0.4 is 0 Å². The van der Waals surface area contributed by atoms with Gasteiger partial charge in [0, 0.05) is 26.1 Å². The van der Waals surface area contributed by atoms with Crippen molar-refractivity contribution in [3.05, 3.63) is 0 Å². The molecule has 2 aliphatic heterocycles. The third-order valence-electron chi connectivity index (χ3n) is 2.07. The Balaban J connectivity index is 0.000000171. The molecular weight excluding hydrogens is 174 g/mol. The second-order valence-corrected chi connectivity index (χ2v) is 5.43. The average molecular weight is 198 g/mol. The lowest BCUT2D eigenvalue weighted by molar-refractivity contribution is -0.849. The molecule has 0 N–H and O–H groups in total. The second kappa shape index (κ2) is 4.78. The highest BCUT2D eigenvalue weighted by Crippen LogP contribution is 2.14. The van der Waals surface area contributed by atoms with E-state index in [0.717, 1.165) is 11.0 Å². The summed E-state index contributed by atoms with van der Waals surface area (Å²) in [5, 5.41) is 0. The maximum absolute atomic E-state index is 4.43. The Kier molecular flexibility index (Phi) is 3.93. The zero-order valence-electron chi connectivity index (χ0n) is 10.1. The smallest absolute Gasteiger partial charge is 0.0989 e. The molecule has 1 saturated heterocycles. The third kappa shape index (κ3) is 4.61. The summed E-state index contributed by atoms with van der Waals surface area (Å²) >= 11 is 0. The van der Waals surface area contributed by atoms with Crippen LogP contribution in [0.25, 0.3) is 0 Å². The summed E-state index contributed by atoms with van der Waals surface area (Å²) in [6.45, 7) is 3.60. The summed E-state index contributed by atoms with van der Waals surface area (Å²) in [5.74, 6) is 1.38. The molecule has 3 nitrogen and oxygen atoms in total. The van der Waals surface area contributed by atoms with Gasteiger partial charge in [-0.15, -0.1) is 0 Å².